The number of carbonyl (C=O) groups excluding carboxylic acids is 1. The number of carbonyl (C=O) groups is 2. The molecule has 0 bridgehead atoms. The number of carboxylic acid groups (broad SMARTS) is 1. The lowest BCUT2D eigenvalue weighted by Gasteiger charge is -2.23. The highest BCUT2D eigenvalue weighted by Gasteiger charge is 2.19. The maximum atomic E-state index is 11.9. The molecular weight excluding hydrogens is 256 g/mol. The fourth-order valence-electron chi connectivity index (χ4n) is 1.87. The van der Waals surface area contributed by atoms with Gasteiger partial charge < -0.3 is 10.4 Å². The smallest absolute Gasteiger partial charge is 0.303 e. The van der Waals surface area contributed by atoms with Crippen LogP contribution in [0.3, 0.4) is 0 Å². The van der Waals surface area contributed by atoms with Crippen molar-refractivity contribution in [2.45, 2.75) is 40.0 Å². The molecule has 0 aliphatic carbocycles. The van der Waals surface area contributed by atoms with Crippen molar-refractivity contribution in [3.8, 4) is 0 Å². The minimum absolute atomic E-state index is 0.101. The highest BCUT2D eigenvalue weighted by Crippen LogP contribution is 2.26. The van der Waals surface area contributed by atoms with E-state index in [1.807, 2.05) is 20.8 Å². The Labute approximate surface area is 119 Å². The van der Waals surface area contributed by atoms with Crippen molar-refractivity contribution < 1.29 is 14.7 Å². The van der Waals surface area contributed by atoms with E-state index in [-0.39, 0.29) is 17.7 Å². The first-order valence-electron chi connectivity index (χ1n) is 6.72. The van der Waals surface area contributed by atoms with Crippen LogP contribution in [0.5, 0.6) is 0 Å². The highest BCUT2D eigenvalue weighted by atomic mass is 16.4. The molecule has 5 heteroatoms. The number of amides is 1. The fourth-order valence-corrected chi connectivity index (χ4v) is 1.87. The van der Waals surface area contributed by atoms with Crippen molar-refractivity contribution in [2.75, 3.05) is 6.54 Å². The van der Waals surface area contributed by atoms with E-state index < -0.39 is 5.97 Å². The highest BCUT2D eigenvalue weighted by molar-refractivity contribution is 5.93. The molecule has 1 aromatic rings. The van der Waals surface area contributed by atoms with Crippen molar-refractivity contribution >= 4 is 11.9 Å². The zero-order valence-electron chi connectivity index (χ0n) is 12.3. The third kappa shape index (κ3) is 5.82. The van der Waals surface area contributed by atoms with E-state index in [1.54, 1.807) is 12.3 Å². The van der Waals surface area contributed by atoms with Crippen molar-refractivity contribution in [2.24, 2.45) is 5.41 Å². The van der Waals surface area contributed by atoms with Crippen LogP contribution in [0.4, 0.5) is 0 Å². The summed E-state index contributed by atoms with van der Waals surface area (Å²) in [4.78, 5) is 26.5. The molecule has 1 aromatic heterocycles. The molecule has 0 atom stereocenters. The van der Waals surface area contributed by atoms with Gasteiger partial charge in [0, 0.05) is 25.4 Å². The quantitative estimate of drug-likeness (QED) is 0.802. The van der Waals surface area contributed by atoms with Gasteiger partial charge in [0.25, 0.3) is 5.91 Å². The monoisotopic (exact) mass is 278 g/mol. The first-order chi connectivity index (χ1) is 9.30. The molecule has 0 aromatic carbocycles. The van der Waals surface area contributed by atoms with Crippen LogP contribution in [0.25, 0.3) is 0 Å². The van der Waals surface area contributed by atoms with Gasteiger partial charge in [-0.2, -0.15) is 0 Å². The maximum absolute atomic E-state index is 11.9. The zero-order chi connectivity index (χ0) is 15.2. The molecule has 0 spiro atoms. The number of aliphatic carboxylic acids is 1. The Morgan fingerprint density at radius 1 is 1.30 bits per heavy atom. The Balaban J connectivity index is 2.40. The number of pyridine rings is 1. The summed E-state index contributed by atoms with van der Waals surface area (Å²) >= 11 is 0. The second-order valence-electron chi connectivity index (χ2n) is 5.81. The Kier molecular flexibility index (Phi) is 5.67. The van der Waals surface area contributed by atoms with Gasteiger partial charge in [-0.15, -0.1) is 0 Å². The Morgan fingerprint density at radius 3 is 2.60 bits per heavy atom. The summed E-state index contributed by atoms with van der Waals surface area (Å²) in [6.07, 6.45) is 4.74. The third-order valence-electron chi connectivity index (χ3n) is 3.24. The molecule has 0 saturated heterocycles. The summed E-state index contributed by atoms with van der Waals surface area (Å²) in [5.41, 5.74) is 1.39. The predicted octanol–water partition coefficient (Wildman–Crippen LogP) is 2.40. The Bertz CT molecular complexity index is 484. The van der Waals surface area contributed by atoms with Crippen molar-refractivity contribution in [3.05, 3.63) is 29.6 Å². The van der Waals surface area contributed by atoms with E-state index >= 15 is 0 Å². The second-order valence-corrected chi connectivity index (χ2v) is 5.81. The summed E-state index contributed by atoms with van der Waals surface area (Å²) < 4.78 is 0. The predicted molar refractivity (Wildman–Crippen MR) is 76.6 cm³/mol. The fraction of sp³-hybridized carbons (Fsp3) is 0.533. The number of nitrogens with one attached hydrogen (secondary N) is 1. The molecular formula is C15H22N2O3. The molecule has 110 valence electrons. The second kappa shape index (κ2) is 7.03. The Morgan fingerprint density at radius 2 is 2.00 bits per heavy atom. The van der Waals surface area contributed by atoms with Gasteiger partial charge in [0.2, 0.25) is 0 Å². The minimum Gasteiger partial charge on any atom is -0.481 e. The van der Waals surface area contributed by atoms with Crippen LogP contribution in [-0.4, -0.2) is 28.5 Å². The van der Waals surface area contributed by atoms with Gasteiger partial charge in [0.05, 0.1) is 5.56 Å². The van der Waals surface area contributed by atoms with Crippen molar-refractivity contribution in [3.63, 3.8) is 0 Å². The first-order valence-corrected chi connectivity index (χ1v) is 6.72. The number of carboxylic acids is 1. The molecule has 0 fully saturated rings. The van der Waals surface area contributed by atoms with Crippen LogP contribution in [0.2, 0.25) is 0 Å². The molecule has 0 radical (unpaired) electrons. The van der Waals surface area contributed by atoms with Crippen molar-refractivity contribution in [1.29, 1.82) is 0 Å². The number of hydrogen-bond acceptors (Lipinski definition) is 3. The van der Waals surface area contributed by atoms with Crippen molar-refractivity contribution in [1.82, 2.24) is 10.3 Å². The summed E-state index contributed by atoms with van der Waals surface area (Å²) in [7, 11) is 0. The van der Waals surface area contributed by atoms with Gasteiger partial charge in [0.1, 0.15) is 0 Å². The van der Waals surface area contributed by atoms with Gasteiger partial charge in [-0.05, 0) is 36.8 Å². The van der Waals surface area contributed by atoms with Gasteiger partial charge in [0.15, 0.2) is 0 Å². The third-order valence-corrected chi connectivity index (χ3v) is 3.24. The summed E-state index contributed by atoms with van der Waals surface area (Å²) in [5, 5.41) is 11.5. The average molecular weight is 278 g/mol. The van der Waals surface area contributed by atoms with E-state index in [2.05, 4.69) is 10.3 Å². The van der Waals surface area contributed by atoms with E-state index in [0.717, 1.165) is 12.0 Å². The summed E-state index contributed by atoms with van der Waals surface area (Å²) in [6, 6.07) is 1.79. The molecule has 2 N–H and O–H groups in total. The van der Waals surface area contributed by atoms with E-state index in [4.69, 9.17) is 5.11 Å². The SMILES string of the molecule is Cc1cncc(C(=O)NCCC(C)(C)CCC(=O)O)c1. The van der Waals surface area contributed by atoms with E-state index in [0.29, 0.717) is 18.5 Å². The van der Waals surface area contributed by atoms with Gasteiger partial charge in [-0.3, -0.25) is 14.6 Å². The van der Waals surface area contributed by atoms with Crippen LogP contribution < -0.4 is 5.32 Å². The van der Waals surface area contributed by atoms with Gasteiger partial charge in [-0.25, -0.2) is 0 Å². The van der Waals surface area contributed by atoms with Gasteiger partial charge >= 0.3 is 5.97 Å². The van der Waals surface area contributed by atoms with Crippen LogP contribution in [0.15, 0.2) is 18.5 Å². The van der Waals surface area contributed by atoms with E-state index in [1.165, 1.54) is 6.20 Å². The first kappa shape index (κ1) is 16.1. The van der Waals surface area contributed by atoms with Gasteiger partial charge in [-0.1, -0.05) is 13.8 Å². The molecule has 5 nitrogen and oxygen atoms in total. The number of rotatable bonds is 7. The number of hydrogen-bond donors (Lipinski definition) is 2. The number of aromatic nitrogens is 1. The minimum atomic E-state index is -0.784. The Hall–Kier alpha value is -1.91. The molecule has 0 unspecified atom stereocenters. The molecule has 0 aliphatic rings. The molecule has 1 heterocycles. The summed E-state index contributed by atoms with van der Waals surface area (Å²) in [6.45, 7) is 6.44. The number of nitrogens with zero attached hydrogens (tertiary/aromatic N) is 1. The van der Waals surface area contributed by atoms with Crippen LogP contribution >= 0.6 is 0 Å². The lowest BCUT2D eigenvalue weighted by Crippen LogP contribution is -2.28. The zero-order valence-corrected chi connectivity index (χ0v) is 12.3. The normalized spacial score (nSPS) is 11.2. The van der Waals surface area contributed by atoms with E-state index in [9.17, 15) is 9.59 Å². The molecule has 0 aliphatic heterocycles. The molecule has 20 heavy (non-hydrogen) atoms. The average Bonchev–Trinajstić information content (AvgIpc) is 2.36. The number of aryl methyl sites for hydroxylation is 1. The van der Waals surface area contributed by atoms with Crippen LogP contribution in [-0.2, 0) is 4.79 Å². The van der Waals surface area contributed by atoms with Crippen LogP contribution in [0.1, 0.15) is 49.0 Å². The molecule has 1 rings (SSSR count). The standard InChI is InChI=1S/C15H22N2O3/c1-11-8-12(10-16-9-11)14(20)17-7-6-15(2,3)5-4-13(18)19/h8-10H,4-7H2,1-3H3,(H,17,20)(H,18,19). The summed E-state index contributed by atoms with van der Waals surface area (Å²) in [5.74, 6) is -0.928. The largest absolute Gasteiger partial charge is 0.481 e. The molecule has 1 amide bonds. The van der Waals surface area contributed by atoms with Crippen LogP contribution in [0, 0.1) is 12.3 Å². The lowest BCUT2D eigenvalue weighted by molar-refractivity contribution is -0.137. The molecule has 0 saturated carbocycles. The maximum Gasteiger partial charge on any atom is 0.303 e. The lowest BCUT2D eigenvalue weighted by atomic mass is 9.84. The topological polar surface area (TPSA) is 79.3 Å².